The van der Waals surface area contributed by atoms with Crippen LogP contribution < -0.4 is 10.6 Å². The van der Waals surface area contributed by atoms with Gasteiger partial charge in [0.15, 0.2) is 0 Å². The quantitative estimate of drug-likeness (QED) is 0.773. The molecule has 1 saturated heterocycles. The predicted molar refractivity (Wildman–Crippen MR) is 107 cm³/mol. The molecule has 1 aliphatic rings. The van der Waals surface area contributed by atoms with E-state index in [1.165, 1.54) is 6.07 Å². The molecule has 2 aromatic carbocycles. The summed E-state index contributed by atoms with van der Waals surface area (Å²) < 4.78 is 13.7. The van der Waals surface area contributed by atoms with E-state index in [-0.39, 0.29) is 23.5 Å². The van der Waals surface area contributed by atoms with E-state index in [0.717, 1.165) is 17.8 Å². The van der Waals surface area contributed by atoms with Crippen LogP contribution in [-0.4, -0.2) is 36.3 Å². The maximum atomic E-state index is 13.7. The number of piperazine rings is 1. The maximum Gasteiger partial charge on any atom is 0.234 e. The van der Waals surface area contributed by atoms with E-state index in [1.54, 1.807) is 18.2 Å². The number of rotatable bonds is 7. The second-order valence-corrected chi connectivity index (χ2v) is 7.28. The Morgan fingerprint density at radius 3 is 2.86 bits per heavy atom. The van der Waals surface area contributed by atoms with E-state index in [4.69, 9.17) is 0 Å². The lowest BCUT2D eigenvalue weighted by atomic mass is 10.00. The highest BCUT2D eigenvalue weighted by molar-refractivity contribution is 5.92. The molecule has 28 heavy (non-hydrogen) atoms. The van der Waals surface area contributed by atoms with Crippen molar-refractivity contribution in [3.05, 3.63) is 65.5 Å². The first-order valence-corrected chi connectivity index (χ1v) is 9.63. The topological polar surface area (TPSA) is 61.4 Å². The maximum absolute atomic E-state index is 13.7. The Morgan fingerprint density at radius 2 is 2.07 bits per heavy atom. The third-order valence-electron chi connectivity index (χ3n) is 4.97. The first-order chi connectivity index (χ1) is 13.5. The summed E-state index contributed by atoms with van der Waals surface area (Å²) in [5.41, 5.74) is 2.42. The second kappa shape index (κ2) is 9.46. The summed E-state index contributed by atoms with van der Waals surface area (Å²) in [6.45, 7) is 4.39. The highest BCUT2D eigenvalue weighted by Crippen LogP contribution is 2.17. The van der Waals surface area contributed by atoms with E-state index in [2.05, 4.69) is 15.5 Å². The molecule has 0 aliphatic carbocycles. The number of amides is 2. The molecule has 148 valence electrons. The van der Waals surface area contributed by atoms with Crippen LogP contribution in [0.2, 0.25) is 0 Å². The van der Waals surface area contributed by atoms with Gasteiger partial charge in [-0.3, -0.25) is 14.5 Å². The molecule has 1 heterocycles. The van der Waals surface area contributed by atoms with Crippen molar-refractivity contribution in [1.29, 1.82) is 0 Å². The van der Waals surface area contributed by atoms with Gasteiger partial charge >= 0.3 is 0 Å². The minimum absolute atomic E-state index is 0.0411. The number of benzene rings is 2. The Morgan fingerprint density at radius 1 is 1.25 bits per heavy atom. The van der Waals surface area contributed by atoms with Gasteiger partial charge in [0, 0.05) is 31.2 Å². The lowest BCUT2D eigenvalue weighted by molar-refractivity contribution is -0.124. The first-order valence-electron chi connectivity index (χ1n) is 9.63. The van der Waals surface area contributed by atoms with E-state index in [1.807, 2.05) is 31.2 Å². The van der Waals surface area contributed by atoms with Crippen LogP contribution in [0.4, 0.5) is 10.1 Å². The standard InChI is InChI=1S/C22H26FN3O2/c1-16(9-10-18-6-2-3-8-20(18)23)22(28)25-19-7-4-5-17(13-19)14-26-12-11-24-21(27)15-26/h2-8,13,16H,9-12,14-15H2,1H3,(H,24,27)(H,25,28). The van der Waals surface area contributed by atoms with Crippen molar-refractivity contribution in [1.82, 2.24) is 10.2 Å². The third kappa shape index (κ3) is 5.63. The lowest BCUT2D eigenvalue weighted by Crippen LogP contribution is -2.47. The summed E-state index contributed by atoms with van der Waals surface area (Å²) in [5, 5.41) is 5.76. The zero-order chi connectivity index (χ0) is 19.9. The Balaban J connectivity index is 1.53. The molecular weight excluding hydrogens is 357 g/mol. The molecular formula is C22H26FN3O2. The highest BCUT2D eigenvalue weighted by atomic mass is 19.1. The number of nitrogens with zero attached hydrogens (tertiary/aromatic N) is 1. The van der Waals surface area contributed by atoms with Crippen LogP contribution in [0.15, 0.2) is 48.5 Å². The Hall–Kier alpha value is -2.73. The normalized spacial score (nSPS) is 15.7. The van der Waals surface area contributed by atoms with Gasteiger partial charge in [-0.2, -0.15) is 0 Å². The van der Waals surface area contributed by atoms with Crippen LogP contribution in [0.25, 0.3) is 0 Å². The van der Waals surface area contributed by atoms with Gasteiger partial charge in [0.1, 0.15) is 5.82 Å². The fraction of sp³-hybridized carbons (Fsp3) is 0.364. The second-order valence-electron chi connectivity index (χ2n) is 7.28. The van der Waals surface area contributed by atoms with Gasteiger partial charge in [-0.1, -0.05) is 37.3 Å². The number of hydrogen-bond donors (Lipinski definition) is 2. The number of halogens is 1. The molecule has 2 amide bonds. The van der Waals surface area contributed by atoms with Gasteiger partial charge in [0.2, 0.25) is 11.8 Å². The Kier molecular flexibility index (Phi) is 6.76. The van der Waals surface area contributed by atoms with E-state index in [9.17, 15) is 14.0 Å². The summed E-state index contributed by atoms with van der Waals surface area (Å²) in [4.78, 5) is 26.1. The average molecular weight is 383 g/mol. The predicted octanol–water partition coefficient (Wildman–Crippen LogP) is 2.96. The van der Waals surface area contributed by atoms with E-state index in [0.29, 0.717) is 38.0 Å². The fourth-order valence-corrected chi connectivity index (χ4v) is 3.30. The molecule has 2 N–H and O–H groups in total. The van der Waals surface area contributed by atoms with Gasteiger partial charge in [-0.05, 0) is 42.2 Å². The van der Waals surface area contributed by atoms with Crippen molar-refractivity contribution in [2.45, 2.75) is 26.3 Å². The highest BCUT2D eigenvalue weighted by Gasteiger charge is 2.17. The van der Waals surface area contributed by atoms with Crippen molar-refractivity contribution >= 4 is 17.5 Å². The minimum Gasteiger partial charge on any atom is -0.354 e. The molecule has 5 nitrogen and oxygen atoms in total. The molecule has 2 aromatic rings. The number of hydrogen-bond acceptors (Lipinski definition) is 3. The van der Waals surface area contributed by atoms with Crippen molar-refractivity contribution in [3.8, 4) is 0 Å². The average Bonchev–Trinajstić information content (AvgIpc) is 2.67. The van der Waals surface area contributed by atoms with Gasteiger partial charge in [0.05, 0.1) is 6.54 Å². The van der Waals surface area contributed by atoms with E-state index >= 15 is 0 Å². The first kappa shape index (κ1) is 20.0. The number of anilines is 1. The number of nitrogens with one attached hydrogen (secondary N) is 2. The fourth-order valence-electron chi connectivity index (χ4n) is 3.30. The van der Waals surface area contributed by atoms with Crippen LogP contribution >= 0.6 is 0 Å². The van der Waals surface area contributed by atoms with Gasteiger partial charge in [-0.25, -0.2) is 4.39 Å². The third-order valence-corrected chi connectivity index (χ3v) is 4.97. The summed E-state index contributed by atoms with van der Waals surface area (Å²) in [6.07, 6.45) is 1.10. The molecule has 3 rings (SSSR count). The van der Waals surface area contributed by atoms with Crippen molar-refractivity contribution < 1.29 is 14.0 Å². The molecule has 1 fully saturated rings. The summed E-state index contributed by atoms with van der Waals surface area (Å²) in [5.74, 6) is -0.492. The van der Waals surface area contributed by atoms with Crippen molar-refractivity contribution in [2.75, 3.05) is 25.0 Å². The number of carbonyl (C=O) groups is 2. The number of carbonyl (C=O) groups excluding carboxylic acids is 2. The molecule has 1 atom stereocenters. The Bertz CT molecular complexity index is 840. The van der Waals surface area contributed by atoms with E-state index < -0.39 is 0 Å². The molecule has 0 spiro atoms. The monoisotopic (exact) mass is 383 g/mol. The molecule has 0 aromatic heterocycles. The van der Waals surface area contributed by atoms with Crippen LogP contribution in [0, 0.1) is 11.7 Å². The Labute approximate surface area is 164 Å². The summed E-state index contributed by atoms with van der Waals surface area (Å²) in [6, 6.07) is 14.4. The minimum atomic E-state index is -0.228. The molecule has 1 aliphatic heterocycles. The largest absolute Gasteiger partial charge is 0.354 e. The number of aryl methyl sites for hydroxylation is 1. The smallest absolute Gasteiger partial charge is 0.234 e. The van der Waals surface area contributed by atoms with Gasteiger partial charge in [-0.15, -0.1) is 0 Å². The molecule has 1 unspecified atom stereocenters. The molecule has 0 radical (unpaired) electrons. The van der Waals surface area contributed by atoms with Gasteiger partial charge in [0.25, 0.3) is 0 Å². The zero-order valence-corrected chi connectivity index (χ0v) is 16.1. The van der Waals surface area contributed by atoms with Crippen molar-refractivity contribution in [3.63, 3.8) is 0 Å². The van der Waals surface area contributed by atoms with Crippen molar-refractivity contribution in [2.24, 2.45) is 5.92 Å². The lowest BCUT2D eigenvalue weighted by Gasteiger charge is -2.26. The summed E-state index contributed by atoms with van der Waals surface area (Å²) in [7, 11) is 0. The van der Waals surface area contributed by atoms with Crippen LogP contribution in [-0.2, 0) is 22.6 Å². The van der Waals surface area contributed by atoms with Crippen LogP contribution in [0.1, 0.15) is 24.5 Å². The molecule has 0 bridgehead atoms. The van der Waals surface area contributed by atoms with Crippen LogP contribution in [0.5, 0.6) is 0 Å². The summed E-state index contributed by atoms with van der Waals surface area (Å²) >= 11 is 0. The van der Waals surface area contributed by atoms with Gasteiger partial charge < -0.3 is 10.6 Å². The molecule has 0 saturated carbocycles. The molecule has 6 heteroatoms. The zero-order valence-electron chi connectivity index (χ0n) is 16.1. The SMILES string of the molecule is CC(CCc1ccccc1F)C(=O)Nc1cccc(CN2CCNC(=O)C2)c1. The van der Waals surface area contributed by atoms with Crippen LogP contribution in [0.3, 0.4) is 0 Å².